The van der Waals surface area contributed by atoms with Gasteiger partial charge in [-0.2, -0.15) is 0 Å². The highest BCUT2D eigenvalue weighted by Crippen LogP contribution is 2.23. The van der Waals surface area contributed by atoms with Crippen LogP contribution in [0.4, 0.5) is 5.69 Å². The lowest BCUT2D eigenvalue weighted by molar-refractivity contribution is 0.0687. The van der Waals surface area contributed by atoms with Crippen molar-refractivity contribution in [3.63, 3.8) is 0 Å². The van der Waals surface area contributed by atoms with Crippen molar-refractivity contribution < 1.29 is 19.0 Å². The van der Waals surface area contributed by atoms with Gasteiger partial charge in [0.25, 0.3) is 0 Å². The zero-order valence-electron chi connectivity index (χ0n) is 13.8. The highest BCUT2D eigenvalue weighted by molar-refractivity contribution is 6.00. The zero-order chi connectivity index (χ0) is 16.5. The summed E-state index contributed by atoms with van der Waals surface area (Å²) in [4.78, 5) is 14.7. The highest BCUT2D eigenvalue weighted by Gasteiger charge is 2.22. The van der Waals surface area contributed by atoms with Gasteiger partial charge in [0.15, 0.2) is 5.78 Å². The summed E-state index contributed by atoms with van der Waals surface area (Å²) in [5.41, 5.74) is 6.91. The van der Waals surface area contributed by atoms with E-state index in [-0.39, 0.29) is 11.8 Å². The van der Waals surface area contributed by atoms with Crippen LogP contribution in [0.2, 0.25) is 0 Å². The summed E-state index contributed by atoms with van der Waals surface area (Å²) >= 11 is 0. The Morgan fingerprint density at radius 3 is 2.23 bits per heavy atom. The van der Waals surface area contributed by atoms with Crippen molar-refractivity contribution in [1.29, 1.82) is 0 Å². The molecule has 1 rings (SSSR count). The van der Waals surface area contributed by atoms with Gasteiger partial charge < -0.3 is 19.9 Å². The van der Waals surface area contributed by atoms with Crippen molar-refractivity contribution in [2.75, 3.05) is 53.4 Å². The molecule has 0 aliphatic rings. The molecule has 2 N–H and O–H groups in total. The maximum Gasteiger partial charge on any atom is 0.179 e. The average molecular weight is 310 g/mol. The van der Waals surface area contributed by atoms with Crippen molar-refractivity contribution in [2.24, 2.45) is 0 Å². The number of nitrogen functional groups attached to an aromatic ring is 1. The van der Waals surface area contributed by atoms with Gasteiger partial charge in [0, 0.05) is 32.9 Å². The molecular weight excluding hydrogens is 284 g/mol. The number of ketones is 1. The molecule has 0 heterocycles. The van der Waals surface area contributed by atoms with Crippen molar-refractivity contribution in [3.8, 4) is 5.75 Å². The van der Waals surface area contributed by atoms with Gasteiger partial charge >= 0.3 is 0 Å². The summed E-state index contributed by atoms with van der Waals surface area (Å²) in [6, 6.07) is 4.82. The van der Waals surface area contributed by atoms with E-state index in [9.17, 15) is 4.79 Å². The monoisotopic (exact) mass is 310 g/mol. The lowest BCUT2D eigenvalue weighted by atomic mass is 10.0. The second-order valence-electron chi connectivity index (χ2n) is 5.02. The molecule has 0 bridgehead atoms. The summed E-state index contributed by atoms with van der Waals surface area (Å²) in [7, 11) is 4.84. The number of rotatable bonds is 10. The summed E-state index contributed by atoms with van der Waals surface area (Å²) in [6.45, 7) is 4.34. The molecule has 0 saturated carbocycles. The number of benzene rings is 1. The van der Waals surface area contributed by atoms with E-state index >= 15 is 0 Å². The smallest absolute Gasteiger partial charge is 0.179 e. The first kappa shape index (κ1) is 18.4. The van der Waals surface area contributed by atoms with Gasteiger partial charge in [-0.1, -0.05) is 0 Å². The van der Waals surface area contributed by atoms with Crippen LogP contribution in [0.5, 0.6) is 5.75 Å². The molecule has 0 aliphatic heterocycles. The Kier molecular flexibility index (Phi) is 7.87. The molecule has 22 heavy (non-hydrogen) atoms. The average Bonchev–Trinajstić information content (AvgIpc) is 2.53. The number of hydrogen-bond donors (Lipinski definition) is 1. The van der Waals surface area contributed by atoms with Gasteiger partial charge in [0.1, 0.15) is 5.75 Å². The Bertz CT molecular complexity index is 471. The van der Waals surface area contributed by atoms with Gasteiger partial charge in [-0.05, 0) is 25.1 Å². The van der Waals surface area contributed by atoms with E-state index in [1.54, 1.807) is 39.5 Å². The van der Waals surface area contributed by atoms with Crippen LogP contribution in [0.15, 0.2) is 18.2 Å². The Hall–Kier alpha value is -1.63. The fourth-order valence-corrected chi connectivity index (χ4v) is 2.21. The quantitative estimate of drug-likeness (QED) is 0.521. The fourth-order valence-electron chi connectivity index (χ4n) is 2.21. The molecule has 1 aromatic rings. The van der Waals surface area contributed by atoms with Crippen LogP contribution in [-0.2, 0) is 9.47 Å². The molecule has 0 saturated heterocycles. The number of carbonyl (C=O) groups is 1. The first-order valence-electron chi connectivity index (χ1n) is 7.24. The molecule has 0 spiro atoms. The zero-order valence-corrected chi connectivity index (χ0v) is 13.8. The maximum absolute atomic E-state index is 12.6. The molecule has 0 aromatic heterocycles. The molecule has 1 aromatic carbocycles. The molecular formula is C16H26N2O4. The van der Waals surface area contributed by atoms with Crippen molar-refractivity contribution >= 4 is 11.5 Å². The number of methoxy groups -OCH3 is 3. The number of hydrogen-bond acceptors (Lipinski definition) is 6. The second kappa shape index (κ2) is 9.40. The number of anilines is 1. The number of nitrogens with zero attached hydrogens (tertiary/aromatic N) is 1. The first-order valence-corrected chi connectivity index (χ1v) is 7.24. The first-order chi connectivity index (χ1) is 10.5. The minimum absolute atomic E-state index is 0.0153. The lowest BCUT2D eigenvalue weighted by Gasteiger charge is -2.27. The van der Waals surface area contributed by atoms with Crippen LogP contribution >= 0.6 is 0 Å². The topological polar surface area (TPSA) is 74.0 Å². The molecule has 0 fully saturated rings. The predicted octanol–water partition coefficient (Wildman–Crippen LogP) is 1.44. The molecule has 0 amide bonds. The van der Waals surface area contributed by atoms with Crippen molar-refractivity contribution in [2.45, 2.75) is 13.0 Å². The van der Waals surface area contributed by atoms with Gasteiger partial charge in [-0.3, -0.25) is 9.69 Å². The second-order valence-corrected chi connectivity index (χ2v) is 5.02. The Labute approximate surface area is 132 Å². The van der Waals surface area contributed by atoms with E-state index in [0.717, 1.165) is 0 Å². The molecule has 0 radical (unpaired) electrons. The van der Waals surface area contributed by atoms with Crippen LogP contribution in [0, 0.1) is 0 Å². The van der Waals surface area contributed by atoms with Crippen LogP contribution in [0.25, 0.3) is 0 Å². The van der Waals surface area contributed by atoms with E-state index in [2.05, 4.69) is 0 Å². The van der Waals surface area contributed by atoms with Crippen LogP contribution in [0.3, 0.4) is 0 Å². The van der Waals surface area contributed by atoms with Crippen molar-refractivity contribution in [3.05, 3.63) is 23.8 Å². The Morgan fingerprint density at radius 1 is 1.18 bits per heavy atom. The van der Waals surface area contributed by atoms with E-state index in [1.807, 2.05) is 11.8 Å². The maximum atomic E-state index is 12.6. The van der Waals surface area contributed by atoms with Crippen LogP contribution in [-0.4, -0.2) is 64.4 Å². The standard InChI is InChI=1S/C16H26N2O4/c1-12(18(7-9-20-2)8-10-21-3)16(19)13-5-6-15(22-4)14(17)11-13/h5-6,11-12H,7-10,17H2,1-4H3. The fraction of sp³-hybridized carbons (Fsp3) is 0.562. The SMILES string of the molecule is COCCN(CCOC)C(C)C(=O)c1ccc(OC)c(N)c1. The Morgan fingerprint density at radius 2 is 1.77 bits per heavy atom. The summed E-state index contributed by atoms with van der Waals surface area (Å²) < 4.78 is 15.3. The van der Waals surface area contributed by atoms with Gasteiger partial charge in [-0.15, -0.1) is 0 Å². The minimum atomic E-state index is -0.280. The Balaban J connectivity index is 2.84. The largest absolute Gasteiger partial charge is 0.495 e. The van der Waals surface area contributed by atoms with Crippen LogP contribution < -0.4 is 10.5 Å². The van der Waals surface area contributed by atoms with Crippen molar-refractivity contribution in [1.82, 2.24) is 4.90 Å². The number of nitrogens with two attached hydrogens (primary N) is 1. The minimum Gasteiger partial charge on any atom is -0.495 e. The lowest BCUT2D eigenvalue weighted by Crippen LogP contribution is -2.42. The molecule has 0 aliphatic carbocycles. The summed E-state index contributed by atoms with van der Waals surface area (Å²) in [6.07, 6.45) is 0. The molecule has 1 atom stereocenters. The predicted molar refractivity (Wildman–Crippen MR) is 86.5 cm³/mol. The molecule has 6 heteroatoms. The van der Waals surface area contributed by atoms with Gasteiger partial charge in [0.2, 0.25) is 0 Å². The summed E-state index contributed by atoms with van der Waals surface area (Å²) in [5, 5.41) is 0. The molecule has 6 nitrogen and oxygen atoms in total. The number of carbonyl (C=O) groups excluding carboxylic acids is 1. The summed E-state index contributed by atoms with van der Waals surface area (Å²) in [5.74, 6) is 0.585. The third kappa shape index (κ3) is 4.98. The molecule has 1 unspecified atom stereocenters. The highest BCUT2D eigenvalue weighted by atomic mass is 16.5. The van der Waals surface area contributed by atoms with E-state index in [4.69, 9.17) is 19.9 Å². The van der Waals surface area contributed by atoms with E-state index in [1.165, 1.54) is 0 Å². The third-order valence-electron chi connectivity index (χ3n) is 3.61. The third-order valence-corrected chi connectivity index (χ3v) is 3.61. The normalized spacial score (nSPS) is 12.4. The van der Waals surface area contributed by atoms with Crippen LogP contribution in [0.1, 0.15) is 17.3 Å². The number of Topliss-reactive ketones (excluding diaryl/α,β-unsaturated/α-hetero) is 1. The molecule has 124 valence electrons. The number of ether oxygens (including phenoxy) is 3. The van der Waals surface area contributed by atoms with E-state index < -0.39 is 0 Å². The van der Waals surface area contributed by atoms with Gasteiger partial charge in [-0.25, -0.2) is 0 Å². The van der Waals surface area contributed by atoms with E-state index in [0.29, 0.717) is 43.3 Å². The van der Waals surface area contributed by atoms with Gasteiger partial charge in [0.05, 0.1) is 32.1 Å².